The number of rotatable bonds is 8. The van der Waals surface area contributed by atoms with Crippen molar-refractivity contribution < 1.29 is 9.53 Å². The largest absolute Gasteiger partial charge is 0.377 e. The Morgan fingerprint density at radius 3 is 2.58 bits per heavy atom. The van der Waals surface area contributed by atoms with Crippen molar-refractivity contribution in [2.75, 3.05) is 36.5 Å². The molecular formula is C29H37N9O2. The van der Waals surface area contributed by atoms with Crippen LogP contribution in [0.4, 0.5) is 11.5 Å². The number of imidazole rings is 1. The molecule has 1 aromatic carbocycles. The van der Waals surface area contributed by atoms with Gasteiger partial charge in [0.2, 0.25) is 0 Å². The first-order chi connectivity index (χ1) is 19.3. The molecule has 40 heavy (non-hydrogen) atoms. The van der Waals surface area contributed by atoms with Crippen LogP contribution >= 0.6 is 0 Å². The van der Waals surface area contributed by atoms with Crippen LogP contribution in [0.25, 0.3) is 16.6 Å². The van der Waals surface area contributed by atoms with Crippen LogP contribution in [0.1, 0.15) is 54.4 Å². The molecular weight excluding hydrogens is 506 g/mol. The maximum Gasteiger partial charge on any atom is 0.259 e. The maximum atomic E-state index is 13.5. The molecule has 1 saturated carbocycles. The molecule has 0 spiro atoms. The summed E-state index contributed by atoms with van der Waals surface area (Å²) in [6, 6.07) is 5.31. The first-order valence-electron chi connectivity index (χ1n) is 14.3. The molecule has 3 fully saturated rings. The minimum absolute atomic E-state index is 0.0460. The van der Waals surface area contributed by atoms with Crippen molar-refractivity contribution in [1.82, 2.24) is 34.8 Å². The van der Waals surface area contributed by atoms with Crippen molar-refractivity contribution in [3.8, 4) is 0 Å². The second-order valence-electron chi connectivity index (χ2n) is 11.9. The number of amides is 1. The minimum Gasteiger partial charge on any atom is -0.377 e. The van der Waals surface area contributed by atoms with Gasteiger partial charge >= 0.3 is 0 Å². The fourth-order valence-corrected chi connectivity index (χ4v) is 5.90. The summed E-state index contributed by atoms with van der Waals surface area (Å²) < 4.78 is 9.07. The molecule has 5 heterocycles. The lowest BCUT2D eigenvalue weighted by molar-refractivity contribution is -0.0650. The van der Waals surface area contributed by atoms with Crippen LogP contribution in [0.2, 0.25) is 0 Å². The Morgan fingerprint density at radius 2 is 1.85 bits per heavy atom. The van der Waals surface area contributed by atoms with E-state index in [2.05, 4.69) is 38.9 Å². The van der Waals surface area contributed by atoms with Gasteiger partial charge < -0.3 is 30.0 Å². The number of carbonyl (C=O) groups is 1. The van der Waals surface area contributed by atoms with E-state index in [1.807, 2.05) is 43.0 Å². The normalized spacial score (nSPS) is 19.3. The molecule has 2 saturated heterocycles. The SMILES string of the molecule is Cc1cn2cc(NC(=O)c3ccc(N4CCC(NC5CC5)CC4)c4cn(C)nc34)nc2c(CNC2(C)COC2)n1. The molecule has 0 bridgehead atoms. The van der Waals surface area contributed by atoms with Crippen molar-refractivity contribution in [2.24, 2.45) is 7.05 Å². The van der Waals surface area contributed by atoms with Crippen LogP contribution in [0.5, 0.6) is 0 Å². The fraction of sp³-hybridized carbons (Fsp3) is 0.517. The molecule has 3 N–H and O–H groups in total. The van der Waals surface area contributed by atoms with E-state index in [1.54, 1.807) is 4.68 Å². The summed E-state index contributed by atoms with van der Waals surface area (Å²) in [5, 5.41) is 16.0. The molecule has 3 aliphatic rings. The van der Waals surface area contributed by atoms with Gasteiger partial charge in [-0.05, 0) is 51.7 Å². The number of anilines is 2. The number of hydrogen-bond acceptors (Lipinski definition) is 8. The van der Waals surface area contributed by atoms with Crippen LogP contribution in [-0.2, 0) is 18.3 Å². The van der Waals surface area contributed by atoms with Crippen molar-refractivity contribution in [3.05, 3.63) is 47.7 Å². The molecule has 11 heteroatoms. The van der Waals surface area contributed by atoms with Crippen molar-refractivity contribution >= 4 is 34.0 Å². The molecule has 210 valence electrons. The number of piperidine rings is 1. The van der Waals surface area contributed by atoms with Gasteiger partial charge in [-0.1, -0.05) is 0 Å². The minimum atomic E-state index is -0.227. The van der Waals surface area contributed by atoms with E-state index in [4.69, 9.17) is 14.7 Å². The standard InChI is InChI=1S/C29H37N9O2/c1-18-13-38-15-25(33-27(38)23(31-18)12-30-29(2)16-40-17-29)34-28(39)21-6-7-24(22-14-36(3)35-26(21)22)37-10-8-20(9-11-37)32-19-4-5-19/h6-7,13-15,19-20,30,32H,4-5,8-12,16-17H2,1-3H3,(H,34,39). The highest BCUT2D eigenvalue weighted by Gasteiger charge is 2.33. The van der Waals surface area contributed by atoms with Crippen LogP contribution in [-0.4, -0.2) is 74.0 Å². The van der Waals surface area contributed by atoms with Crippen molar-refractivity contribution in [1.29, 1.82) is 0 Å². The van der Waals surface area contributed by atoms with Gasteiger partial charge in [-0.15, -0.1) is 0 Å². The summed E-state index contributed by atoms with van der Waals surface area (Å²) in [7, 11) is 1.90. The van der Waals surface area contributed by atoms with E-state index < -0.39 is 0 Å². The molecule has 0 atom stereocenters. The third-order valence-corrected chi connectivity index (χ3v) is 8.29. The van der Waals surface area contributed by atoms with E-state index in [0.717, 1.165) is 60.1 Å². The summed E-state index contributed by atoms with van der Waals surface area (Å²) in [6.07, 6.45) is 10.7. The zero-order chi connectivity index (χ0) is 27.4. The number of carbonyl (C=O) groups excluding carboxylic acids is 1. The molecule has 3 aromatic heterocycles. The van der Waals surface area contributed by atoms with Gasteiger partial charge in [0, 0.05) is 62.2 Å². The van der Waals surface area contributed by atoms with E-state index >= 15 is 0 Å². The zero-order valence-corrected chi connectivity index (χ0v) is 23.4. The second-order valence-corrected chi connectivity index (χ2v) is 11.9. The van der Waals surface area contributed by atoms with Crippen molar-refractivity contribution in [3.63, 3.8) is 0 Å². The Balaban J connectivity index is 1.11. The molecule has 1 aliphatic carbocycles. The lowest BCUT2D eigenvalue weighted by Gasteiger charge is -2.38. The van der Waals surface area contributed by atoms with Crippen LogP contribution in [0.3, 0.4) is 0 Å². The molecule has 1 amide bonds. The lowest BCUT2D eigenvalue weighted by Crippen LogP contribution is -2.57. The summed E-state index contributed by atoms with van der Waals surface area (Å²) in [6.45, 7) is 8.03. The summed E-state index contributed by atoms with van der Waals surface area (Å²) >= 11 is 0. The molecule has 2 aliphatic heterocycles. The highest BCUT2D eigenvalue weighted by Crippen LogP contribution is 2.32. The van der Waals surface area contributed by atoms with Gasteiger partial charge in [-0.25, -0.2) is 4.98 Å². The van der Waals surface area contributed by atoms with Crippen LogP contribution in [0, 0.1) is 6.92 Å². The molecule has 0 radical (unpaired) electrons. The number of aromatic nitrogens is 5. The van der Waals surface area contributed by atoms with Gasteiger partial charge in [0.15, 0.2) is 11.5 Å². The summed E-state index contributed by atoms with van der Waals surface area (Å²) in [5.74, 6) is 0.254. The van der Waals surface area contributed by atoms with E-state index in [1.165, 1.54) is 12.8 Å². The number of fused-ring (bicyclic) bond motifs is 2. The smallest absolute Gasteiger partial charge is 0.259 e. The van der Waals surface area contributed by atoms with Gasteiger partial charge in [0.25, 0.3) is 5.91 Å². The van der Waals surface area contributed by atoms with Gasteiger partial charge in [0.05, 0.1) is 41.9 Å². The zero-order valence-electron chi connectivity index (χ0n) is 23.4. The number of nitrogens with zero attached hydrogens (tertiary/aromatic N) is 6. The number of benzene rings is 1. The van der Waals surface area contributed by atoms with Crippen LogP contribution in [0.15, 0.2) is 30.7 Å². The van der Waals surface area contributed by atoms with Gasteiger partial charge in [0.1, 0.15) is 5.52 Å². The first kappa shape index (κ1) is 25.4. The predicted molar refractivity (Wildman–Crippen MR) is 154 cm³/mol. The molecule has 4 aromatic rings. The van der Waals surface area contributed by atoms with E-state index in [9.17, 15) is 4.79 Å². The van der Waals surface area contributed by atoms with Crippen molar-refractivity contribution in [2.45, 2.75) is 63.7 Å². The second kappa shape index (κ2) is 9.83. The average Bonchev–Trinajstić information content (AvgIpc) is 3.50. The van der Waals surface area contributed by atoms with E-state index in [-0.39, 0.29) is 11.4 Å². The number of aryl methyl sites for hydroxylation is 2. The first-order valence-corrected chi connectivity index (χ1v) is 14.3. The quantitative estimate of drug-likeness (QED) is 0.311. The van der Waals surface area contributed by atoms with Gasteiger partial charge in [-0.3, -0.25) is 14.5 Å². The Labute approximate surface area is 233 Å². The average molecular weight is 544 g/mol. The maximum absolute atomic E-state index is 13.5. The monoisotopic (exact) mass is 543 g/mol. The predicted octanol–water partition coefficient (Wildman–Crippen LogP) is 2.78. The van der Waals surface area contributed by atoms with Gasteiger partial charge in [-0.2, -0.15) is 5.10 Å². The Hall–Kier alpha value is -3.54. The number of nitrogens with one attached hydrogen (secondary N) is 3. The van der Waals surface area contributed by atoms with E-state index in [0.29, 0.717) is 42.7 Å². The highest BCUT2D eigenvalue weighted by molar-refractivity contribution is 6.13. The highest BCUT2D eigenvalue weighted by atomic mass is 16.5. The number of hydrogen-bond donors (Lipinski definition) is 3. The Bertz CT molecular complexity index is 1580. The third-order valence-electron chi connectivity index (χ3n) is 8.29. The Morgan fingerprint density at radius 1 is 1.07 bits per heavy atom. The Kier molecular flexibility index (Phi) is 6.25. The lowest BCUT2D eigenvalue weighted by atomic mass is 10.0. The van der Waals surface area contributed by atoms with Crippen LogP contribution < -0.4 is 20.9 Å². The number of ether oxygens (including phenoxy) is 1. The summed E-state index contributed by atoms with van der Waals surface area (Å²) in [5.41, 5.74) is 4.77. The fourth-order valence-electron chi connectivity index (χ4n) is 5.90. The molecule has 7 rings (SSSR count). The third kappa shape index (κ3) is 4.93. The topological polar surface area (TPSA) is 114 Å². The summed E-state index contributed by atoms with van der Waals surface area (Å²) in [4.78, 5) is 25.4. The molecule has 0 unspecified atom stereocenters. The molecule has 11 nitrogen and oxygen atoms in total.